The van der Waals surface area contributed by atoms with Crippen molar-refractivity contribution < 1.29 is 9.53 Å². The van der Waals surface area contributed by atoms with Crippen molar-refractivity contribution in [1.82, 2.24) is 14.5 Å². The maximum Gasteiger partial charge on any atom is 0.223 e. The van der Waals surface area contributed by atoms with Gasteiger partial charge >= 0.3 is 0 Å². The Hall–Kier alpha value is -2.14. The number of carbonyl (C=O) groups is 1. The lowest BCUT2D eigenvalue weighted by atomic mass is 10.2. The second-order valence-electron chi connectivity index (χ2n) is 6.73. The van der Waals surface area contributed by atoms with Crippen LogP contribution in [0.2, 0.25) is 0 Å². The highest BCUT2D eigenvalue weighted by Gasteiger charge is 2.25. The van der Waals surface area contributed by atoms with E-state index in [1.165, 1.54) is 5.69 Å². The molecule has 0 radical (unpaired) electrons. The van der Waals surface area contributed by atoms with Crippen molar-refractivity contribution in [3.8, 4) is 0 Å². The van der Waals surface area contributed by atoms with E-state index in [1.54, 1.807) is 0 Å². The summed E-state index contributed by atoms with van der Waals surface area (Å²) in [5.74, 6) is 0.221. The largest absolute Gasteiger partial charge is 0.368 e. The number of aryl methyl sites for hydroxylation is 1. The predicted molar refractivity (Wildman–Crippen MR) is 96.9 cm³/mol. The molecule has 5 nitrogen and oxygen atoms in total. The maximum atomic E-state index is 12.6. The number of hydrogen-bond donors (Lipinski definition) is 0. The first-order valence-corrected chi connectivity index (χ1v) is 9.11. The highest BCUT2D eigenvalue weighted by atomic mass is 16.5. The van der Waals surface area contributed by atoms with Crippen molar-refractivity contribution in [3.63, 3.8) is 0 Å². The van der Waals surface area contributed by atoms with E-state index in [1.807, 2.05) is 36.1 Å². The highest BCUT2D eigenvalue weighted by Crippen LogP contribution is 2.17. The Morgan fingerprint density at radius 3 is 2.96 bits per heavy atom. The van der Waals surface area contributed by atoms with Gasteiger partial charge in [-0.2, -0.15) is 0 Å². The summed E-state index contributed by atoms with van der Waals surface area (Å²) in [5, 5.41) is 0. The zero-order valence-corrected chi connectivity index (χ0v) is 15.1. The Kier molecular flexibility index (Phi) is 5.87. The van der Waals surface area contributed by atoms with Crippen LogP contribution < -0.4 is 0 Å². The van der Waals surface area contributed by atoms with Crippen molar-refractivity contribution in [3.05, 3.63) is 53.6 Å². The normalized spacial score (nSPS) is 17.2. The van der Waals surface area contributed by atoms with Crippen LogP contribution in [-0.2, 0) is 29.2 Å². The number of aromatic nitrogens is 2. The van der Waals surface area contributed by atoms with Gasteiger partial charge in [0.1, 0.15) is 0 Å². The lowest BCUT2D eigenvalue weighted by Gasteiger charge is -2.24. The minimum Gasteiger partial charge on any atom is -0.368 e. The zero-order valence-electron chi connectivity index (χ0n) is 15.1. The molecule has 0 aliphatic carbocycles. The first-order chi connectivity index (χ1) is 12.2. The number of amides is 1. The molecule has 1 aliphatic rings. The molecular formula is C20H27N3O2. The van der Waals surface area contributed by atoms with Crippen LogP contribution in [0.3, 0.4) is 0 Å². The summed E-state index contributed by atoms with van der Waals surface area (Å²) in [7, 11) is 0. The summed E-state index contributed by atoms with van der Waals surface area (Å²) in [6, 6.07) is 10.1. The van der Waals surface area contributed by atoms with E-state index in [0.29, 0.717) is 26.1 Å². The minimum absolute atomic E-state index is 0.0264. The quantitative estimate of drug-likeness (QED) is 0.810. The topological polar surface area (TPSA) is 47.4 Å². The standard InChI is InChI=1S/C20H27N3O2/c1-3-4-10-20(24)23-12-18-9-6-11-22(18)13-19(14-23)25-15-17-8-5-7-16(2)21-17/h5-9,11,19H,3-4,10,12-15H2,1-2H3/t19-/m0/s1. The average molecular weight is 341 g/mol. The van der Waals surface area contributed by atoms with Crippen LogP contribution in [0.1, 0.15) is 43.3 Å². The summed E-state index contributed by atoms with van der Waals surface area (Å²) in [5.41, 5.74) is 3.09. The van der Waals surface area contributed by atoms with Crippen LogP contribution in [0.5, 0.6) is 0 Å². The molecule has 5 heteroatoms. The first kappa shape index (κ1) is 17.7. The summed E-state index contributed by atoms with van der Waals surface area (Å²) < 4.78 is 8.33. The Bertz CT molecular complexity index is 710. The van der Waals surface area contributed by atoms with E-state index in [2.05, 4.69) is 28.7 Å². The number of nitrogens with zero attached hydrogens (tertiary/aromatic N) is 3. The van der Waals surface area contributed by atoms with Crippen LogP contribution in [0.15, 0.2) is 36.5 Å². The monoisotopic (exact) mass is 341 g/mol. The highest BCUT2D eigenvalue weighted by molar-refractivity contribution is 5.76. The molecule has 1 atom stereocenters. The number of unbranched alkanes of at least 4 members (excludes halogenated alkanes) is 1. The molecule has 1 aliphatic heterocycles. The van der Waals surface area contributed by atoms with Gasteiger partial charge in [0.25, 0.3) is 0 Å². The molecule has 2 aromatic heterocycles. The van der Waals surface area contributed by atoms with Crippen LogP contribution >= 0.6 is 0 Å². The van der Waals surface area contributed by atoms with Crippen molar-refractivity contribution in [1.29, 1.82) is 0 Å². The molecule has 3 rings (SSSR count). The van der Waals surface area contributed by atoms with Gasteiger partial charge < -0.3 is 14.2 Å². The van der Waals surface area contributed by atoms with E-state index in [-0.39, 0.29) is 12.0 Å². The molecule has 25 heavy (non-hydrogen) atoms. The third kappa shape index (κ3) is 4.69. The molecule has 0 saturated heterocycles. The van der Waals surface area contributed by atoms with Gasteiger partial charge in [0.2, 0.25) is 5.91 Å². The lowest BCUT2D eigenvalue weighted by Crippen LogP contribution is -2.37. The van der Waals surface area contributed by atoms with Gasteiger partial charge in [-0.15, -0.1) is 0 Å². The molecule has 0 bridgehead atoms. The SMILES string of the molecule is CCCCC(=O)N1Cc2cccn2C[C@H](OCc2cccc(C)n2)C1. The molecule has 0 unspecified atom stereocenters. The number of rotatable bonds is 6. The molecule has 0 fully saturated rings. The van der Waals surface area contributed by atoms with E-state index in [0.717, 1.165) is 30.8 Å². The van der Waals surface area contributed by atoms with Gasteiger partial charge in [-0.1, -0.05) is 19.4 Å². The fourth-order valence-corrected chi connectivity index (χ4v) is 3.22. The Labute approximate surface area is 149 Å². The van der Waals surface area contributed by atoms with Gasteiger partial charge in [-0.25, -0.2) is 0 Å². The van der Waals surface area contributed by atoms with E-state index in [4.69, 9.17) is 4.74 Å². The summed E-state index contributed by atoms with van der Waals surface area (Å²) in [4.78, 5) is 19.0. The third-order valence-electron chi connectivity index (χ3n) is 4.61. The number of fused-ring (bicyclic) bond motifs is 1. The average Bonchev–Trinajstić information content (AvgIpc) is 2.96. The molecule has 0 spiro atoms. The molecule has 2 aromatic rings. The summed E-state index contributed by atoms with van der Waals surface area (Å²) >= 11 is 0. The first-order valence-electron chi connectivity index (χ1n) is 9.11. The van der Waals surface area contributed by atoms with Gasteiger partial charge in [-0.3, -0.25) is 9.78 Å². The van der Waals surface area contributed by atoms with Crippen molar-refractivity contribution >= 4 is 5.91 Å². The Morgan fingerprint density at radius 2 is 2.16 bits per heavy atom. The molecular weight excluding hydrogens is 314 g/mol. The number of pyridine rings is 1. The molecule has 1 amide bonds. The second-order valence-corrected chi connectivity index (χ2v) is 6.73. The van der Waals surface area contributed by atoms with Crippen molar-refractivity contribution in [2.24, 2.45) is 0 Å². The summed E-state index contributed by atoms with van der Waals surface area (Å²) in [6.45, 7) is 6.64. The zero-order chi connectivity index (χ0) is 17.6. The minimum atomic E-state index is -0.0264. The van der Waals surface area contributed by atoms with Crippen molar-refractivity contribution in [2.45, 2.75) is 58.9 Å². The Balaban J connectivity index is 1.68. The maximum absolute atomic E-state index is 12.6. The lowest BCUT2D eigenvalue weighted by molar-refractivity contribution is -0.134. The van der Waals surface area contributed by atoms with Crippen molar-refractivity contribution in [2.75, 3.05) is 6.54 Å². The van der Waals surface area contributed by atoms with Gasteiger partial charge in [0.05, 0.1) is 31.5 Å². The van der Waals surface area contributed by atoms with Gasteiger partial charge in [0, 0.05) is 30.6 Å². The van der Waals surface area contributed by atoms with E-state index < -0.39 is 0 Å². The van der Waals surface area contributed by atoms with Gasteiger partial charge in [-0.05, 0) is 37.6 Å². The smallest absolute Gasteiger partial charge is 0.223 e. The van der Waals surface area contributed by atoms with E-state index in [9.17, 15) is 4.79 Å². The van der Waals surface area contributed by atoms with Crippen LogP contribution in [0.25, 0.3) is 0 Å². The molecule has 0 saturated carbocycles. The number of carbonyl (C=O) groups excluding carboxylic acids is 1. The molecule has 134 valence electrons. The number of ether oxygens (including phenoxy) is 1. The van der Waals surface area contributed by atoms with Crippen LogP contribution in [-0.4, -0.2) is 33.0 Å². The third-order valence-corrected chi connectivity index (χ3v) is 4.61. The van der Waals surface area contributed by atoms with Crippen LogP contribution in [0.4, 0.5) is 0 Å². The fourth-order valence-electron chi connectivity index (χ4n) is 3.22. The fraction of sp³-hybridized carbons (Fsp3) is 0.500. The molecule has 3 heterocycles. The van der Waals surface area contributed by atoms with Gasteiger partial charge in [0.15, 0.2) is 0 Å². The molecule has 0 aromatic carbocycles. The summed E-state index contributed by atoms with van der Waals surface area (Å²) in [6.07, 6.45) is 4.63. The molecule has 0 N–H and O–H groups in total. The number of hydrogen-bond acceptors (Lipinski definition) is 3. The van der Waals surface area contributed by atoms with Crippen LogP contribution in [0, 0.1) is 6.92 Å². The van der Waals surface area contributed by atoms with E-state index >= 15 is 0 Å². The second kappa shape index (κ2) is 8.30. The Morgan fingerprint density at radius 1 is 1.28 bits per heavy atom. The predicted octanol–water partition coefficient (Wildman–Crippen LogP) is 3.31.